The van der Waals surface area contributed by atoms with E-state index in [1.54, 1.807) is 0 Å². The summed E-state index contributed by atoms with van der Waals surface area (Å²) in [5, 5.41) is 12.2. The number of oxime groups is 1. The third kappa shape index (κ3) is 3.72. The average molecular weight is 286 g/mol. The summed E-state index contributed by atoms with van der Waals surface area (Å²) in [4.78, 5) is 14.2. The van der Waals surface area contributed by atoms with Gasteiger partial charge in [-0.05, 0) is 26.3 Å². The number of rotatable bonds is 2. The van der Waals surface area contributed by atoms with Crippen molar-refractivity contribution in [1.29, 1.82) is 0 Å². The Morgan fingerprint density at radius 1 is 1.29 bits per heavy atom. The Morgan fingerprint density at radius 2 is 1.95 bits per heavy atom. The molecule has 0 bridgehead atoms. The summed E-state index contributed by atoms with van der Waals surface area (Å²) in [5.74, 6) is 0.00395. The highest BCUT2D eigenvalue weighted by molar-refractivity contribution is 6.04. The van der Waals surface area contributed by atoms with Gasteiger partial charge < -0.3 is 10.1 Å². The Bertz CT molecular complexity index is 556. The fourth-order valence-corrected chi connectivity index (χ4v) is 2.74. The summed E-state index contributed by atoms with van der Waals surface area (Å²) in [6.07, 6.45) is 4.80. The third-order valence-corrected chi connectivity index (χ3v) is 3.57. The van der Waals surface area contributed by atoms with Crippen LogP contribution in [0.25, 0.3) is 6.08 Å². The van der Waals surface area contributed by atoms with Crippen LogP contribution in [-0.2, 0) is 4.79 Å². The highest BCUT2D eigenvalue weighted by Crippen LogP contribution is 2.27. The van der Waals surface area contributed by atoms with E-state index in [0.717, 1.165) is 5.56 Å². The van der Waals surface area contributed by atoms with Crippen LogP contribution in [0.5, 0.6) is 0 Å². The van der Waals surface area contributed by atoms with E-state index in [-0.39, 0.29) is 23.9 Å². The quantitative estimate of drug-likeness (QED) is 0.670. The van der Waals surface area contributed by atoms with Crippen molar-refractivity contribution < 1.29 is 10.0 Å². The van der Waals surface area contributed by atoms with Crippen LogP contribution in [0.15, 0.2) is 41.6 Å². The van der Waals surface area contributed by atoms with Crippen molar-refractivity contribution in [3.05, 3.63) is 42.0 Å². The summed E-state index contributed by atoms with van der Waals surface area (Å²) in [5.41, 5.74) is 1.37. The minimum absolute atomic E-state index is 0.00395. The summed E-state index contributed by atoms with van der Waals surface area (Å²) in [6, 6.07) is 9.88. The van der Waals surface area contributed by atoms with Crippen LogP contribution in [-0.4, -0.2) is 33.3 Å². The van der Waals surface area contributed by atoms with Crippen LogP contribution in [0, 0.1) is 0 Å². The number of likely N-dealkylation sites (tertiary alicyclic amines) is 1. The maximum atomic E-state index is 12.3. The van der Waals surface area contributed by atoms with Gasteiger partial charge in [-0.2, -0.15) is 0 Å². The Labute approximate surface area is 125 Å². The highest BCUT2D eigenvalue weighted by atomic mass is 16.4. The lowest BCUT2D eigenvalue weighted by molar-refractivity contribution is -0.137. The molecule has 1 amide bonds. The number of benzene rings is 1. The number of carbonyl (C=O) groups is 1. The standard InChI is InChI=1S/C17H22N2O2/c1-17(2,3)19-15(11-14(18-21)12-16(19)20)10-9-13-7-5-4-6-8-13/h4-10,15,21H,11-12H2,1-3H3/b10-9+,18-14-. The number of piperidine rings is 1. The molecule has 4 nitrogen and oxygen atoms in total. The molecule has 1 aromatic rings. The molecule has 21 heavy (non-hydrogen) atoms. The molecule has 1 N–H and O–H groups in total. The highest BCUT2D eigenvalue weighted by Gasteiger charge is 2.37. The van der Waals surface area contributed by atoms with Gasteiger partial charge in [-0.25, -0.2) is 0 Å². The lowest BCUT2D eigenvalue weighted by Gasteiger charge is -2.43. The SMILES string of the molecule is CC(C)(C)N1C(=O)C/C(=N\O)CC1/C=C/c1ccccc1. The number of hydrogen-bond donors (Lipinski definition) is 1. The van der Waals surface area contributed by atoms with E-state index in [0.29, 0.717) is 12.1 Å². The molecule has 1 unspecified atom stereocenters. The molecular weight excluding hydrogens is 264 g/mol. The van der Waals surface area contributed by atoms with Crippen LogP contribution in [0.4, 0.5) is 0 Å². The van der Waals surface area contributed by atoms with E-state index in [2.05, 4.69) is 5.16 Å². The van der Waals surface area contributed by atoms with Gasteiger partial charge in [0.05, 0.1) is 18.2 Å². The Kier molecular flexibility index (Phi) is 4.46. The molecule has 0 radical (unpaired) electrons. The van der Waals surface area contributed by atoms with E-state index < -0.39 is 0 Å². The van der Waals surface area contributed by atoms with Gasteiger partial charge >= 0.3 is 0 Å². The second kappa shape index (κ2) is 6.12. The van der Waals surface area contributed by atoms with Crippen molar-refractivity contribution in [3.8, 4) is 0 Å². The first-order valence-corrected chi connectivity index (χ1v) is 7.17. The zero-order valence-corrected chi connectivity index (χ0v) is 12.8. The fraction of sp³-hybridized carbons (Fsp3) is 0.412. The predicted octanol–water partition coefficient (Wildman–Crippen LogP) is 3.32. The monoisotopic (exact) mass is 286 g/mol. The molecule has 1 atom stereocenters. The largest absolute Gasteiger partial charge is 0.411 e. The van der Waals surface area contributed by atoms with Crippen LogP contribution in [0.2, 0.25) is 0 Å². The summed E-state index contributed by atoms with van der Waals surface area (Å²) in [7, 11) is 0. The van der Waals surface area contributed by atoms with Gasteiger partial charge in [-0.3, -0.25) is 4.79 Å². The van der Waals surface area contributed by atoms with E-state index in [4.69, 9.17) is 5.21 Å². The molecule has 1 fully saturated rings. The second-order valence-electron chi connectivity index (χ2n) is 6.32. The average Bonchev–Trinajstić information content (AvgIpc) is 2.44. The minimum Gasteiger partial charge on any atom is -0.411 e. The first kappa shape index (κ1) is 15.3. The fourth-order valence-electron chi connectivity index (χ4n) is 2.74. The lowest BCUT2D eigenvalue weighted by atomic mass is 9.92. The maximum Gasteiger partial charge on any atom is 0.229 e. The van der Waals surface area contributed by atoms with Crippen molar-refractivity contribution in [2.24, 2.45) is 5.16 Å². The maximum absolute atomic E-state index is 12.3. The predicted molar refractivity (Wildman–Crippen MR) is 84.3 cm³/mol. The molecule has 112 valence electrons. The molecule has 1 aromatic carbocycles. The summed E-state index contributed by atoms with van der Waals surface area (Å²) >= 11 is 0. The zero-order chi connectivity index (χ0) is 15.5. The molecule has 1 aliphatic heterocycles. The van der Waals surface area contributed by atoms with Gasteiger partial charge in [0.15, 0.2) is 0 Å². The summed E-state index contributed by atoms with van der Waals surface area (Å²) in [6.45, 7) is 6.07. The number of hydrogen-bond acceptors (Lipinski definition) is 3. The molecule has 1 saturated heterocycles. The van der Waals surface area contributed by atoms with E-state index >= 15 is 0 Å². The van der Waals surface area contributed by atoms with Crippen molar-refractivity contribution in [1.82, 2.24) is 4.90 Å². The van der Waals surface area contributed by atoms with Crippen molar-refractivity contribution >= 4 is 17.7 Å². The molecule has 0 aliphatic carbocycles. The van der Waals surface area contributed by atoms with Crippen LogP contribution >= 0.6 is 0 Å². The molecule has 0 saturated carbocycles. The molecule has 1 heterocycles. The number of nitrogens with zero attached hydrogens (tertiary/aromatic N) is 2. The molecule has 0 spiro atoms. The van der Waals surface area contributed by atoms with Gasteiger partial charge in [0, 0.05) is 12.0 Å². The minimum atomic E-state index is -0.260. The van der Waals surface area contributed by atoms with Gasteiger partial charge in [0.1, 0.15) is 0 Å². The second-order valence-corrected chi connectivity index (χ2v) is 6.32. The normalized spacial score (nSPS) is 22.2. The van der Waals surface area contributed by atoms with E-state index in [1.807, 2.05) is 68.2 Å². The van der Waals surface area contributed by atoms with Crippen LogP contribution in [0.3, 0.4) is 0 Å². The van der Waals surface area contributed by atoms with Gasteiger partial charge in [0.2, 0.25) is 5.91 Å². The van der Waals surface area contributed by atoms with Gasteiger partial charge in [-0.1, -0.05) is 47.6 Å². The van der Waals surface area contributed by atoms with E-state index in [1.165, 1.54) is 0 Å². The molecule has 4 heteroatoms. The first-order chi connectivity index (χ1) is 9.91. The first-order valence-electron chi connectivity index (χ1n) is 7.17. The van der Waals surface area contributed by atoms with Crippen molar-refractivity contribution in [2.75, 3.05) is 0 Å². The van der Waals surface area contributed by atoms with Crippen molar-refractivity contribution in [3.63, 3.8) is 0 Å². The molecular formula is C17H22N2O2. The smallest absolute Gasteiger partial charge is 0.229 e. The Hall–Kier alpha value is -2.10. The zero-order valence-electron chi connectivity index (χ0n) is 12.8. The van der Waals surface area contributed by atoms with E-state index in [9.17, 15) is 4.79 Å². The molecule has 2 rings (SSSR count). The van der Waals surface area contributed by atoms with Crippen molar-refractivity contribution in [2.45, 2.75) is 45.2 Å². The Balaban J connectivity index is 2.27. The topological polar surface area (TPSA) is 52.9 Å². The molecule has 1 aliphatic rings. The van der Waals surface area contributed by atoms with Gasteiger partial charge in [-0.15, -0.1) is 0 Å². The number of carbonyl (C=O) groups excluding carboxylic acids is 1. The third-order valence-electron chi connectivity index (χ3n) is 3.57. The summed E-state index contributed by atoms with van der Waals surface area (Å²) < 4.78 is 0. The lowest BCUT2D eigenvalue weighted by Crippen LogP contribution is -2.55. The Morgan fingerprint density at radius 3 is 2.52 bits per heavy atom. The van der Waals surface area contributed by atoms with Gasteiger partial charge in [0.25, 0.3) is 0 Å². The van der Waals surface area contributed by atoms with Crippen LogP contribution in [0.1, 0.15) is 39.2 Å². The number of amides is 1. The molecule has 0 aromatic heterocycles. The van der Waals surface area contributed by atoms with Crippen LogP contribution < -0.4 is 0 Å².